The summed E-state index contributed by atoms with van der Waals surface area (Å²) in [6, 6.07) is 5.99. The zero-order valence-electron chi connectivity index (χ0n) is 12.4. The second kappa shape index (κ2) is 6.93. The van der Waals surface area contributed by atoms with Crippen LogP contribution in [0.4, 0.5) is 0 Å². The molecule has 1 N–H and O–H groups in total. The van der Waals surface area contributed by atoms with Crippen molar-refractivity contribution in [2.75, 3.05) is 7.05 Å². The molecule has 6 heteroatoms. The van der Waals surface area contributed by atoms with E-state index < -0.39 is 0 Å². The largest absolute Gasteiger partial charge is 0.391 e. The van der Waals surface area contributed by atoms with Gasteiger partial charge in [0, 0.05) is 24.3 Å². The maximum absolute atomic E-state index is 9.46. The molecule has 0 fully saturated rings. The quantitative estimate of drug-likeness (QED) is 0.860. The van der Waals surface area contributed by atoms with Crippen LogP contribution in [0, 0.1) is 6.92 Å². The Morgan fingerprint density at radius 1 is 1.33 bits per heavy atom. The molecule has 0 aliphatic rings. The van der Waals surface area contributed by atoms with Gasteiger partial charge in [0.1, 0.15) is 11.0 Å². The summed E-state index contributed by atoms with van der Waals surface area (Å²) in [5.41, 5.74) is 2.32. The molecule has 0 saturated heterocycles. The standard InChI is InChI=1S/C15H19ClN4O/c1-10(13-6-4-5-7-17-13)20(3)8-14-12(9-21)15(16)19-11(2)18-14/h4-7,10,21H,8-9H2,1-3H3. The Bertz CT molecular complexity index is 606. The van der Waals surface area contributed by atoms with Crippen molar-refractivity contribution in [3.05, 3.63) is 52.3 Å². The van der Waals surface area contributed by atoms with Crippen molar-refractivity contribution in [3.8, 4) is 0 Å². The molecule has 0 radical (unpaired) electrons. The Morgan fingerprint density at radius 2 is 2.10 bits per heavy atom. The second-order valence-electron chi connectivity index (χ2n) is 4.99. The lowest BCUT2D eigenvalue weighted by Gasteiger charge is -2.24. The van der Waals surface area contributed by atoms with Crippen LogP contribution in [-0.4, -0.2) is 32.0 Å². The molecule has 21 heavy (non-hydrogen) atoms. The van der Waals surface area contributed by atoms with Gasteiger partial charge < -0.3 is 5.11 Å². The number of halogens is 1. The summed E-state index contributed by atoms with van der Waals surface area (Å²) in [4.78, 5) is 15.0. The predicted octanol–water partition coefficient (Wildman–Crippen LogP) is 2.52. The molecule has 1 atom stereocenters. The lowest BCUT2D eigenvalue weighted by Crippen LogP contribution is -2.24. The van der Waals surface area contributed by atoms with Crippen LogP contribution in [0.15, 0.2) is 24.4 Å². The number of nitrogens with zero attached hydrogens (tertiary/aromatic N) is 4. The molecule has 0 aliphatic heterocycles. The van der Waals surface area contributed by atoms with Gasteiger partial charge in [-0.05, 0) is 33.0 Å². The second-order valence-corrected chi connectivity index (χ2v) is 5.35. The van der Waals surface area contributed by atoms with Gasteiger partial charge in [0.15, 0.2) is 0 Å². The Balaban J connectivity index is 2.21. The van der Waals surface area contributed by atoms with Crippen molar-refractivity contribution in [1.29, 1.82) is 0 Å². The number of aromatic nitrogens is 3. The summed E-state index contributed by atoms with van der Waals surface area (Å²) in [7, 11) is 1.99. The fraction of sp³-hybridized carbons (Fsp3) is 0.400. The molecule has 0 aromatic carbocycles. The highest BCUT2D eigenvalue weighted by molar-refractivity contribution is 6.30. The van der Waals surface area contributed by atoms with E-state index in [2.05, 4.69) is 26.8 Å². The summed E-state index contributed by atoms with van der Waals surface area (Å²) >= 11 is 6.07. The summed E-state index contributed by atoms with van der Waals surface area (Å²) in [6.07, 6.45) is 1.78. The molecule has 2 aromatic rings. The number of hydrogen-bond donors (Lipinski definition) is 1. The number of hydrogen-bond acceptors (Lipinski definition) is 5. The summed E-state index contributed by atoms with van der Waals surface area (Å²) in [5.74, 6) is 0.603. The topological polar surface area (TPSA) is 62.1 Å². The number of aliphatic hydroxyl groups is 1. The molecule has 112 valence electrons. The van der Waals surface area contributed by atoms with Crippen molar-refractivity contribution in [2.45, 2.75) is 33.0 Å². The van der Waals surface area contributed by atoms with Crippen molar-refractivity contribution in [2.24, 2.45) is 0 Å². The van der Waals surface area contributed by atoms with Crippen molar-refractivity contribution in [1.82, 2.24) is 19.9 Å². The Labute approximate surface area is 129 Å². The highest BCUT2D eigenvalue weighted by Crippen LogP contribution is 2.22. The fourth-order valence-electron chi connectivity index (χ4n) is 2.13. The van der Waals surface area contributed by atoms with E-state index in [0.29, 0.717) is 23.1 Å². The third kappa shape index (κ3) is 3.75. The van der Waals surface area contributed by atoms with Gasteiger partial charge in [-0.1, -0.05) is 17.7 Å². The van der Waals surface area contributed by atoms with Crippen LogP contribution in [0.25, 0.3) is 0 Å². The average Bonchev–Trinajstić information content (AvgIpc) is 2.47. The molecule has 0 aliphatic carbocycles. The minimum atomic E-state index is -0.166. The number of aryl methyl sites for hydroxylation is 1. The van der Waals surface area contributed by atoms with E-state index in [-0.39, 0.29) is 12.6 Å². The highest BCUT2D eigenvalue weighted by atomic mass is 35.5. The molecule has 2 aromatic heterocycles. The summed E-state index contributed by atoms with van der Waals surface area (Å²) in [6.45, 7) is 4.27. The maximum Gasteiger partial charge on any atom is 0.138 e. The van der Waals surface area contributed by atoms with E-state index in [4.69, 9.17) is 11.6 Å². The minimum absolute atomic E-state index is 0.131. The SMILES string of the molecule is Cc1nc(Cl)c(CO)c(CN(C)C(C)c2ccccn2)n1. The van der Waals surface area contributed by atoms with E-state index in [1.54, 1.807) is 13.1 Å². The van der Waals surface area contributed by atoms with E-state index in [0.717, 1.165) is 11.4 Å². The molecular weight excluding hydrogens is 288 g/mol. The Morgan fingerprint density at radius 3 is 2.71 bits per heavy atom. The molecule has 2 rings (SSSR count). The number of rotatable bonds is 5. The van der Waals surface area contributed by atoms with Crippen LogP contribution in [0.2, 0.25) is 5.15 Å². The van der Waals surface area contributed by atoms with Gasteiger partial charge in [0.25, 0.3) is 0 Å². The van der Waals surface area contributed by atoms with Crippen LogP contribution < -0.4 is 0 Å². The first-order chi connectivity index (χ1) is 10.0. The van der Waals surface area contributed by atoms with E-state index >= 15 is 0 Å². The number of pyridine rings is 1. The van der Waals surface area contributed by atoms with Gasteiger partial charge in [-0.15, -0.1) is 0 Å². The first kappa shape index (κ1) is 15.8. The first-order valence-electron chi connectivity index (χ1n) is 6.76. The molecule has 1 unspecified atom stereocenters. The lowest BCUT2D eigenvalue weighted by atomic mass is 10.1. The molecular formula is C15H19ClN4O. The van der Waals surface area contributed by atoms with Gasteiger partial charge >= 0.3 is 0 Å². The maximum atomic E-state index is 9.46. The fourth-order valence-corrected chi connectivity index (χ4v) is 2.42. The van der Waals surface area contributed by atoms with Crippen molar-refractivity contribution < 1.29 is 5.11 Å². The van der Waals surface area contributed by atoms with Gasteiger partial charge in [0.05, 0.1) is 18.0 Å². The van der Waals surface area contributed by atoms with Crippen molar-refractivity contribution in [3.63, 3.8) is 0 Å². The van der Waals surface area contributed by atoms with Crippen LogP contribution in [0.3, 0.4) is 0 Å². The first-order valence-corrected chi connectivity index (χ1v) is 7.14. The smallest absolute Gasteiger partial charge is 0.138 e. The Kier molecular flexibility index (Phi) is 5.22. The monoisotopic (exact) mass is 306 g/mol. The van der Waals surface area contributed by atoms with Gasteiger partial charge in [-0.2, -0.15) is 0 Å². The lowest BCUT2D eigenvalue weighted by molar-refractivity contribution is 0.238. The highest BCUT2D eigenvalue weighted by Gasteiger charge is 2.17. The Hall–Kier alpha value is -1.56. The van der Waals surface area contributed by atoms with Crippen LogP contribution in [0.1, 0.15) is 35.7 Å². The predicted molar refractivity (Wildman–Crippen MR) is 81.8 cm³/mol. The zero-order chi connectivity index (χ0) is 15.4. The van der Waals surface area contributed by atoms with Crippen LogP contribution in [0.5, 0.6) is 0 Å². The molecule has 5 nitrogen and oxygen atoms in total. The third-order valence-electron chi connectivity index (χ3n) is 3.49. The van der Waals surface area contributed by atoms with Gasteiger partial charge in [0.2, 0.25) is 0 Å². The molecule has 2 heterocycles. The summed E-state index contributed by atoms with van der Waals surface area (Å²) in [5, 5.41) is 9.78. The van der Waals surface area contributed by atoms with E-state index in [1.165, 1.54) is 0 Å². The van der Waals surface area contributed by atoms with Gasteiger partial charge in [-0.25, -0.2) is 9.97 Å². The molecule has 0 amide bonds. The molecule has 0 saturated carbocycles. The summed E-state index contributed by atoms with van der Waals surface area (Å²) < 4.78 is 0. The average molecular weight is 307 g/mol. The zero-order valence-corrected chi connectivity index (χ0v) is 13.2. The molecule has 0 bridgehead atoms. The normalized spacial score (nSPS) is 12.7. The molecule has 0 spiro atoms. The van der Waals surface area contributed by atoms with E-state index in [9.17, 15) is 5.11 Å². The van der Waals surface area contributed by atoms with Crippen LogP contribution >= 0.6 is 11.6 Å². The van der Waals surface area contributed by atoms with Crippen LogP contribution in [-0.2, 0) is 13.2 Å². The van der Waals surface area contributed by atoms with Crippen molar-refractivity contribution >= 4 is 11.6 Å². The van der Waals surface area contributed by atoms with Gasteiger partial charge in [-0.3, -0.25) is 9.88 Å². The minimum Gasteiger partial charge on any atom is -0.391 e. The third-order valence-corrected chi connectivity index (χ3v) is 3.80. The number of aliphatic hydroxyl groups excluding tert-OH is 1. The van der Waals surface area contributed by atoms with E-state index in [1.807, 2.05) is 25.2 Å².